The quantitative estimate of drug-likeness (QED) is 0.876. The molecule has 1 aromatic heterocycles. The largest absolute Gasteiger partial charge is 0.496 e. The van der Waals surface area contributed by atoms with Crippen LogP contribution in [0.4, 0.5) is 0 Å². The molecule has 88 valence electrons. The lowest BCUT2D eigenvalue weighted by atomic mass is 10.0. The molecule has 5 heteroatoms. The van der Waals surface area contributed by atoms with Crippen LogP contribution in [0.25, 0.3) is 11.1 Å². The van der Waals surface area contributed by atoms with E-state index >= 15 is 0 Å². The number of hydrogen-bond acceptors (Lipinski definition) is 3. The van der Waals surface area contributed by atoms with E-state index in [9.17, 15) is 4.79 Å². The first kappa shape index (κ1) is 11.2. The molecule has 2 aromatic rings. The molecule has 1 heterocycles. The van der Waals surface area contributed by atoms with Crippen molar-refractivity contribution in [3.05, 3.63) is 36.2 Å². The summed E-state index contributed by atoms with van der Waals surface area (Å²) in [4.78, 5) is 10.9. The van der Waals surface area contributed by atoms with Crippen LogP contribution < -0.4 is 4.74 Å². The third-order valence-electron chi connectivity index (χ3n) is 2.46. The Kier molecular flexibility index (Phi) is 2.82. The Labute approximate surface area is 98.3 Å². The standard InChI is InChI=1S/C12H12N2O3/c1-14-7-9(6-13-14)10-5-8(12(15)16)3-4-11(10)17-2/h3-7H,1-2H3,(H,15,16). The molecule has 5 nitrogen and oxygen atoms in total. The highest BCUT2D eigenvalue weighted by Gasteiger charge is 2.11. The number of methoxy groups -OCH3 is 1. The Bertz CT molecular complexity index is 561. The normalized spacial score (nSPS) is 10.2. The molecule has 0 aliphatic carbocycles. The van der Waals surface area contributed by atoms with E-state index in [1.54, 1.807) is 37.2 Å². The topological polar surface area (TPSA) is 64.3 Å². The van der Waals surface area contributed by atoms with Crippen LogP contribution in [0.3, 0.4) is 0 Å². The monoisotopic (exact) mass is 232 g/mol. The summed E-state index contributed by atoms with van der Waals surface area (Å²) in [6, 6.07) is 4.74. The molecule has 0 spiro atoms. The number of aromatic nitrogens is 2. The first-order chi connectivity index (χ1) is 8.11. The fraction of sp³-hybridized carbons (Fsp3) is 0.167. The first-order valence-corrected chi connectivity index (χ1v) is 5.02. The van der Waals surface area contributed by atoms with Gasteiger partial charge in [0.1, 0.15) is 5.75 Å². The van der Waals surface area contributed by atoms with E-state index in [4.69, 9.17) is 9.84 Å². The number of nitrogens with zero attached hydrogens (tertiary/aromatic N) is 2. The van der Waals surface area contributed by atoms with E-state index in [1.807, 2.05) is 6.20 Å². The Morgan fingerprint density at radius 3 is 2.76 bits per heavy atom. The van der Waals surface area contributed by atoms with Crippen molar-refractivity contribution in [3.8, 4) is 16.9 Å². The van der Waals surface area contributed by atoms with Crippen LogP contribution in [0, 0.1) is 0 Å². The maximum absolute atomic E-state index is 10.9. The van der Waals surface area contributed by atoms with E-state index in [-0.39, 0.29) is 5.56 Å². The summed E-state index contributed by atoms with van der Waals surface area (Å²) in [5.74, 6) is -0.333. The SMILES string of the molecule is COc1ccc(C(=O)O)cc1-c1cnn(C)c1. The van der Waals surface area contributed by atoms with Gasteiger partial charge in [-0.1, -0.05) is 0 Å². The average Bonchev–Trinajstić information content (AvgIpc) is 2.74. The maximum atomic E-state index is 10.9. The van der Waals surface area contributed by atoms with Crippen LogP contribution in [0.15, 0.2) is 30.6 Å². The minimum absolute atomic E-state index is 0.227. The second kappa shape index (κ2) is 4.29. The van der Waals surface area contributed by atoms with Crippen molar-refractivity contribution in [2.75, 3.05) is 7.11 Å². The molecule has 0 amide bonds. The summed E-state index contributed by atoms with van der Waals surface area (Å²) in [6.45, 7) is 0. The summed E-state index contributed by atoms with van der Waals surface area (Å²) >= 11 is 0. The van der Waals surface area contributed by atoms with Gasteiger partial charge in [-0.05, 0) is 18.2 Å². The van der Waals surface area contributed by atoms with Gasteiger partial charge in [0.15, 0.2) is 0 Å². The lowest BCUT2D eigenvalue weighted by molar-refractivity contribution is 0.0697. The molecule has 0 bridgehead atoms. The summed E-state index contributed by atoms with van der Waals surface area (Å²) in [5.41, 5.74) is 1.78. The van der Waals surface area contributed by atoms with Gasteiger partial charge < -0.3 is 9.84 Å². The van der Waals surface area contributed by atoms with E-state index in [0.717, 1.165) is 11.1 Å². The molecular weight excluding hydrogens is 220 g/mol. The van der Waals surface area contributed by atoms with Crippen LogP contribution in [0.1, 0.15) is 10.4 Å². The van der Waals surface area contributed by atoms with Gasteiger partial charge in [0.2, 0.25) is 0 Å². The number of ether oxygens (including phenoxy) is 1. The van der Waals surface area contributed by atoms with Crippen LogP contribution in [-0.4, -0.2) is 28.0 Å². The Morgan fingerprint density at radius 1 is 1.47 bits per heavy atom. The van der Waals surface area contributed by atoms with Crippen molar-refractivity contribution in [3.63, 3.8) is 0 Å². The highest BCUT2D eigenvalue weighted by Crippen LogP contribution is 2.30. The van der Waals surface area contributed by atoms with E-state index < -0.39 is 5.97 Å². The molecule has 0 aliphatic heterocycles. The third kappa shape index (κ3) is 2.13. The number of aromatic carboxylic acids is 1. The van der Waals surface area contributed by atoms with Gasteiger partial charge in [-0.15, -0.1) is 0 Å². The summed E-state index contributed by atoms with van der Waals surface area (Å²) < 4.78 is 6.87. The van der Waals surface area contributed by atoms with Gasteiger partial charge in [0.25, 0.3) is 0 Å². The van der Waals surface area contributed by atoms with Crippen LogP contribution >= 0.6 is 0 Å². The lowest BCUT2D eigenvalue weighted by Crippen LogP contribution is -1.97. The molecule has 0 atom stereocenters. The molecule has 0 radical (unpaired) electrons. The minimum atomic E-state index is -0.960. The zero-order chi connectivity index (χ0) is 12.4. The number of rotatable bonds is 3. The van der Waals surface area contributed by atoms with Crippen LogP contribution in [0.2, 0.25) is 0 Å². The van der Waals surface area contributed by atoms with Gasteiger partial charge in [-0.2, -0.15) is 5.10 Å². The Morgan fingerprint density at radius 2 is 2.24 bits per heavy atom. The second-order valence-electron chi connectivity index (χ2n) is 3.62. The molecule has 0 saturated heterocycles. The van der Waals surface area contributed by atoms with E-state index in [1.165, 1.54) is 6.07 Å². The molecule has 0 saturated carbocycles. The predicted molar refractivity (Wildman–Crippen MR) is 62.2 cm³/mol. The summed E-state index contributed by atoms with van der Waals surface area (Å²) in [6.07, 6.45) is 3.48. The molecule has 0 aliphatic rings. The van der Waals surface area contributed by atoms with Crippen molar-refractivity contribution in [1.82, 2.24) is 9.78 Å². The van der Waals surface area contributed by atoms with E-state index in [2.05, 4.69) is 5.10 Å². The van der Waals surface area contributed by atoms with Gasteiger partial charge >= 0.3 is 5.97 Å². The highest BCUT2D eigenvalue weighted by atomic mass is 16.5. The van der Waals surface area contributed by atoms with Crippen molar-refractivity contribution in [2.24, 2.45) is 7.05 Å². The fourth-order valence-electron chi connectivity index (χ4n) is 1.63. The zero-order valence-corrected chi connectivity index (χ0v) is 9.54. The molecule has 1 aromatic carbocycles. The van der Waals surface area contributed by atoms with Gasteiger partial charge in [-0.25, -0.2) is 4.79 Å². The molecular formula is C12H12N2O3. The summed E-state index contributed by atoms with van der Waals surface area (Å²) in [5, 5.41) is 13.0. The highest BCUT2D eigenvalue weighted by molar-refractivity contribution is 5.90. The van der Waals surface area contributed by atoms with Crippen molar-refractivity contribution in [2.45, 2.75) is 0 Å². The van der Waals surface area contributed by atoms with Crippen molar-refractivity contribution < 1.29 is 14.6 Å². The molecule has 1 N–H and O–H groups in total. The Balaban J connectivity index is 2.57. The number of benzene rings is 1. The molecule has 17 heavy (non-hydrogen) atoms. The zero-order valence-electron chi connectivity index (χ0n) is 9.54. The Hall–Kier alpha value is -2.30. The minimum Gasteiger partial charge on any atom is -0.496 e. The molecule has 2 rings (SSSR count). The number of hydrogen-bond donors (Lipinski definition) is 1. The molecule has 0 unspecified atom stereocenters. The first-order valence-electron chi connectivity index (χ1n) is 5.02. The van der Waals surface area contributed by atoms with Crippen molar-refractivity contribution >= 4 is 5.97 Å². The average molecular weight is 232 g/mol. The van der Waals surface area contributed by atoms with Gasteiger partial charge in [0, 0.05) is 24.4 Å². The third-order valence-corrected chi connectivity index (χ3v) is 2.46. The predicted octanol–water partition coefficient (Wildman–Crippen LogP) is 1.79. The van der Waals surface area contributed by atoms with E-state index in [0.29, 0.717) is 5.75 Å². The van der Waals surface area contributed by atoms with Crippen molar-refractivity contribution in [1.29, 1.82) is 0 Å². The maximum Gasteiger partial charge on any atom is 0.335 e. The number of carboxylic acids is 1. The van der Waals surface area contributed by atoms with Gasteiger partial charge in [0.05, 0.1) is 18.9 Å². The van der Waals surface area contributed by atoms with Gasteiger partial charge in [-0.3, -0.25) is 4.68 Å². The van der Waals surface area contributed by atoms with Crippen LogP contribution in [0.5, 0.6) is 5.75 Å². The fourth-order valence-corrected chi connectivity index (χ4v) is 1.63. The lowest BCUT2D eigenvalue weighted by Gasteiger charge is -2.07. The number of aryl methyl sites for hydroxylation is 1. The smallest absolute Gasteiger partial charge is 0.335 e. The second-order valence-corrected chi connectivity index (χ2v) is 3.62. The number of carboxylic acid groups (broad SMARTS) is 1. The molecule has 0 fully saturated rings. The number of carbonyl (C=O) groups is 1. The summed E-state index contributed by atoms with van der Waals surface area (Å²) in [7, 11) is 3.35. The van der Waals surface area contributed by atoms with Crippen LogP contribution in [-0.2, 0) is 7.05 Å².